The minimum Gasteiger partial charge on any atom is -0.394 e. The van der Waals surface area contributed by atoms with Crippen molar-refractivity contribution in [2.45, 2.75) is 39.2 Å². The van der Waals surface area contributed by atoms with Gasteiger partial charge in [-0.15, -0.1) is 0 Å². The maximum Gasteiger partial charge on any atom is 0.252 e. The van der Waals surface area contributed by atoms with Crippen LogP contribution in [-0.4, -0.2) is 34.3 Å². The highest BCUT2D eigenvalue weighted by molar-refractivity contribution is 5.40. The molecule has 0 bridgehead atoms. The van der Waals surface area contributed by atoms with E-state index < -0.39 is 5.54 Å². The van der Waals surface area contributed by atoms with Crippen molar-refractivity contribution in [1.29, 1.82) is 0 Å². The van der Waals surface area contributed by atoms with E-state index in [-0.39, 0.29) is 18.1 Å². The molecular weight excluding hydrogens is 218 g/mol. The van der Waals surface area contributed by atoms with E-state index in [0.29, 0.717) is 11.6 Å². The van der Waals surface area contributed by atoms with Crippen LogP contribution in [0.3, 0.4) is 0 Å². The largest absolute Gasteiger partial charge is 0.394 e. The molecule has 0 fully saturated rings. The predicted octanol–water partition coefficient (Wildman–Crippen LogP) is 1.10. The van der Waals surface area contributed by atoms with Gasteiger partial charge in [-0.3, -0.25) is 4.79 Å². The summed E-state index contributed by atoms with van der Waals surface area (Å²) in [7, 11) is 1.82. The first-order valence-electron chi connectivity index (χ1n) is 5.74. The number of H-pyrrole nitrogens is 1. The maximum absolute atomic E-state index is 11.6. The highest BCUT2D eigenvalue weighted by atomic mass is 16.3. The van der Waals surface area contributed by atoms with Crippen molar-refractivity contribution in [3.05, 3.63) is 22.2 Å². The van der Waals surface area contributed by atoms with Crippen LogP contribution in [-0.2, 0) is 0 Å². The highest BCUT2D eigenvalue weighted by Gasteiger charge is 2.24. The molecule has 0 aliphatic heterocycles. The third-order valence-electron chi connectivity index (χ3n) is 2.93. The summed E-state index contributed by atoms with van der Waals surface area (Å²) >= 11 is 0. The number of aliphatic hydroxyl groups excluding tert-OH is 1. The van der Waals surface area contributed by atoms with Gasteiger partial charge in [0, 0.05) is 19.0 Å². The minimum absolute atomic E-state index is 0.00497. The first-order valence-corrected chi connectivity index (χ1v) is 5.74. The lowest BCUT2D eigenvalue weighted by atomic mass is 10.1. The second-order valence-corrected chi connectivity index (χ2v) is 5.17. The topological polar surface area (TPSA) is 69.2 Å². The van der Waals surface area contributed by atoms with Crippen LogP contribution in [0.1, 0.15) is 39.4 Å². The Morgan fingerprint density at radius 1 is 1.53 bits per heavy atom. The van der Waals surface area contributed by atoms with Crippen molar-refractivity contribution in [2.24, 2.45) is 0 Å². The molecule has 96 valence electrons. The van der Waals surface area contributed by atoms with E-state index in [9.17, 15) is 9.90 Å². The van der Waals surface area contributed by atoms with Crippen molar-refractivity contribution in [3.8, 4) is 0 Å². The van der Waals surface area contributed by atoms with Crippen molar-refractivity contribution in [2.75, 3.05) is 18.6 Å². The Hall–Kier alpha value is -1.36. The lowest BCUT2D eigenvalue weighted by Gasteiger charge is -2.34. The summed E-state index contributed by atoms with van der Waals surface area (Å²) in [6, 6.07) is 1.45. The van der Waals surface area contributed by atoms with E-state index in [2.05, 4.69) is 9.97 Å². The van der Waals surface area contributed by atoms with E-state index in [4.69, 9.17) is 0 Å². The zero-order valence-electron chi connectivity index (χ0n) is 11.1. The lowest BCUT2D eigenvalue weighted by Crippen LogP contribution is -2.45. The van der Waals surface area contributed by atoms with Crippen molar-refractivity contribution < 1.29 is 5.11 Å². The van der Waals surface area contributed by atoms with Gasteiger partial charge >= 0.3 is 0 Å². The Labute approximate surface area is 102 Å². The van der Waals surface area contributed by atoms with Crippen LogP contribution in [0.4, 0.5) is 5.82 Å². The minimum atomic E-state index is -0.449. The van der Waals surface area contributed by atoms with Crippen LogP contribution >= 0.6 is 0 Å². The fourth-order valence-electron chi connectivity index (χ4n) is 1.32. The van der Waals surface area contributed by atoms with Gasteiger partial charge < -0.3 is 15.0 Å². The summed E-state index contributed by atoms with van der Waals surface area (Å²) < 4.78 is 0. The highest BCUT2D eigenvalue weighted by Crippen LogP contribution is 2.19. The second kappa shape index (κ2) is 4.87. The average molecular weight is 239 g/mol. The van der Waals surface area contributed by atoms with E-state index in [1.54, 1.807) is 0 Å². The summed E-state index contributed by atoms with van der Waals surface area (Å²) in [5.41, 5.74) is -0.617. The fraction of sp³-hybridized carbons (Fsp3) is 0.667. The number of aromatic amines is 1. The molecule has 1 heterocycles. The number of aliphatic hydroxyl groups is 1. The number of nitrogens with one attached hydrogen (secondary N) is 1. The number of nitrogens with zero attached hydrogens (tertiary/aromatic N) is 2. The van der Waals surface area contributed by atoms with Crippen molar-refractivity contribution in [3.63, 3.8) is 0 Å². The predicted molar refractivity (Wildman–Crippen MR) is 68.5 cm³/mol. The summed E-state index contributed by atoms with van der Waals surface area (Å²) in [4.78, 5) is 20.5. The smallest absolute Gasteiger partial charge is 0.252 e. The maximum atomic E-state index is 11.6. The molecule has 0 unspecified atom stereocenters. The number of anilines is 1. The van der Waals surface area contributed by atoms with Gasteiger partial charge in [0.25, 0.3) is 5.56 Å². The Kier molecular flexibility index (Phi) is 3.93. The summed E-state index contributed by atoms with van der Waals surface area (Å²) in [6.45, 7) is 7.73. The van der Waals surface area contributed by atoms with E-state index in [1.165, 1.54) is 6.07 Å². The van der Waals surface area contributed by atoms with Gasteiger partial charge in [0.1, 0.15) is 11.6 Å². The molecule has 0 atom stereocenters. The van der Waals surface area contributed by atoms with Gasteiger partial charge in [0.15, 0.2) is 0 Å². The number of aromatic nitrogens is 2. The molecule has 17 heavy (non-hydrogen) atoms. The van der Waals surface area contributed by atoms with Gasteiger partial charge in [-0.05, 0) is 13.8 Å². The zero-order valence-corrected chi connectivity index (χ0v) is 11.1. The molecule has 2 N–H and O–H groups in total. The van der Waals surface area contributed by atoms with E-state index in [0.717, 1.165) is 0 Å². The molecule has 0 aliphatic rings. The van der Waals surface area contributed by atoms with Crippen LogP contribution in [0.15, 0.2) is 10.9 Å². The van der Waals surface area contributed by atoms with E-state index in [1.807, 2.05) is 39.6 Å². The van der Waals surface area contributed by atoms with Crippen molar-refractivity contribution in [1.82, 2.24) is 9.97 Å². The average Bonchev–Trinajstić information content (AvgIpc) is 2.27. The van der Waals surface area contributed by atoms with Gasteiger partial charge in [0.2, 0.25) is 0 Å². The van der Waals surface area contributed by atoms with Gasteiger partial charge in [-0.25, -0.2) is 4.98 Å². The first kappa shape index (κ1) is 13.7. The molecule has 0 radical (unpaired) electrons. The van der Waals surface area contributed by atoms with Gasteiger partial charge in [0.05, 0.1) is 12.1 Å². The molecule has 0 aliphatic carbocycles. The Morgan fingerprint density at radius 2 is 2.12 bits per heavy atom. The second-order valence-electron chi connectivity index (χ2n) is 5.17. The molecule has 1 aromatic heterocycles. The molecule has 0 saturated heterocycles. The van der Waals surface area contributed by atoms with Crippen LogP contribution in [0.2, 0.25) is 0 Å². The standard InChI is InChI=1S/C12H21N3O2/c1-8(2)11-13-9(6-10(17)14-11)15(5)12(3,4)7-16/h6,8,16H,7H2,1-5H3,(H,13,14,17). The molecule has 0 aromatic carbocycles. The Bertz CT molecular complexity index is 438. The Balaban J connectivity index is 3.19. The monoisotopic (exact) mass is 239 g/mol. The molecule has 1 aromatic rings. The number of hydrogen-bond donors (Lipinski definition) is 2. The Morgan fingerprint density at radius 3 is 2.59 bits per heavy atom. The van der Waals surface area contributed by atoms with E-state index >= 15 is 0 Å². The zero-order chi connectivity index (χ0) is 13.2. The molecule has 5 heteroatoms. The molecule has 5 nitrogen and oxygen atoms in total. The molecular formula is C12H21N3O2. The van der Waals surface area contributed by atoms with Crippen LogP contribution in [0.25, 0.3) is 0 Å². The number of rotatable bonds is 4. The molecule has 0 amide bonds. The summed E-state index contributed by atoms with van der Waals surface area (Å²) in [5, 5.41) is 9.32. The fourth-order valence-corrected chi connectivity index (χ4v) is 1.32. The third kappa shape index (κ3) is 3.06. The van der Waals surface area contributed by atoms with Gasteiger partial charge in [-0.1, -0.05) is 13.8 Å². The van der Waals surface area contributed by atoms with Crippen LogP contribution in [0, 0.1) is 0 Å². The molecule has 0 spiro atoms. The van der Waals surface area contributed by atoms with Gasteiger partial charge in [-0.2, -0.15) is 0 Å². The molecule has 1 rings (SSSR count). The van der Waals surface area contributed by atoms with Crippen LogP contribution < -0.4 is 10.5 Å². The number of likely N-dealkylation sites (N-methyl/N-ethyl adjacent to an activating group) is 1. The number of hydrogen-bond acceptors (Lipinski definition) is 4. The van der Waals surface area contributed by atoms with Crippen LogP contribution in [0.5, 0.6) is 0 Å². The van der Waals surface area contributed by atoms with Crippen molar-refractivity contribution >= 4 is 5.82 Å². The normalized spacial score (nSPS) is 11.9. The summed E-state index contributed by atoms with van der Waals surface area (Å²) in [5.74, 6) is 1.40. The molecule has 0 saturated carbocycles. The quantitative estimate of drug-likeness (QED) is 0.825. The third-order valence-corrected chi connectivity index (χ3v) is 2.93. The summed E-state index contributed by atoms with van der Waals surface area (Å²) in [6.07, 6.45) is 0. The first-order chi connectivity index (χ1) is 7.77. The lowest BCUT2D eigenvalue weighted by molar-refractivity contribution is 0.215. The SMILES string of the molecule is CC(C)c1nc(N(C)C(C)(C)CO)cc(=O)[nH]1.